The molecule has 0 atom stereocenters. The lowest BCUT2D eigenvalue weighted by molar-refractivity contribution is 0.0569. The van der Waals surface area contributed by atoms with Gasteiger partial charge in [-0.3, -0.25) is 4.90 Å². The van der Waals surface area contributed by atoms with Gasteiger partial charge in [-0.05, 0) is 12.8 Å². The molecule has 0 saturated carbocycles. The molecule has 1 aliphatic heterocycles. The highest BCUT2D eigenvalue weighted by Crippen LogP contribution is 2.22. The number of hydrogen-bond donors (Lipinski definition) is 1. The van der Waals surface area contributed by atoms with Gasteiger partial charge >= 0.3 is 0 Å². The molecular formula is C11H21N5. The molecule has 0 radical (unpaired) electrons. The maximum Gasteiger partial charge on any atom is 0.141 e. The minimum absolute atomic E-state index is 0.0373. The summed E-state index contributed by atoms with van der Waals surface area (Å²) in [6.07, 6.45) is 3.78. The second kappa shape index (κ2) is 4.51. The highest BCUT2D eigenvalue weighted by Gasteiger charge is 2.37. The quantitative estimate of drug-likeness (QED) is 0.794. The lowest BCUT2D eigenvalue weighted by Crippen LogP contribution is -2.66. The van der Waals surface area contributed by atoms with Gasteiger partial charge in [0.1, 0.15) is 12.2 Å². The van der Waals surface area contributed by atoms with Crippen LogP contribution in [0.4, 0.5) is 0 Å². The highest BCUT2D eigenvalue weighted by atomic mass is 15.4. The zero-order valence-corrected chi connectivity index (χ0v) is 10.2. The fraction of sp³-hybridized carbons (Fsp3) is 0.818. The average molecular weight is 223 g/mol. The van der Waals surface area contributed by atoms with E-state index in [1.54, 1.807) is 6.33 Å². The number of likely N-dealkylation sites (tertiary alicyclic amines) is 1. The molecule has 2 N–H and O–H groups in total. The van der Waals surface area contributed by atoms with Crippen LogP contribution in [0.2, 0.25) is 0 Å². The van der Waals surface area contributed by atoms with E-state index in [1.165, 1.54) is 0 Å². The third-order valence-electron chi connectivity index (χ3n) is 3.28. The molecule has 0 unspecified atom stereocenters. The van der Waals surface area contributed by atoms with Crippen LogP contribution >= 0.6 is 0 Å². The number of aryl methyl sites for hydroxylation is 1. The number of hydrogen-bond acceptors (Lipinski definition) is 4. The van der Waals surface area contributed by atoms with Crippen molar-refractivity contribution in [3.8, 4) is 0 Å². The molecule has 1 aromatic rings. The first-order valence-electron chi connectivity index (χ1n) is 6.05. The summed E-state index contributed by atoms with van der Waals surface area (Å²) in [6, 6.07) is 0. The predicted molar refractivity (Wildman–Crippen MR) is 62.8 cm³/mol. The predicted octanol–water partition coefficient (Wildman–Crippen LogP) is 0.611. The van der Waals surface area contributed by atoms with Crippen LogP contribution in [0, 0.1) is 0 Å². The van der Waals surface area contributed by atoms with Gasteiger partial charge in [0.05, 0.1) is 6.54 Å². The van der Waals surface area contributed by atoms with Crippen molar-refractivity contribution in [2.75, 3.05) is 13.1 Å². The SMILES string of the molecule is CCCn1ncnc1CN1CC(N)(CC)C1. The Morgan fingerprint density at radius 2 is 2.19 bits per heavy atom. The van der Waals surface area contributed by atoms with Gasteiger partial charge in [0, 0.05) is 25.2 Å². The van der Waals surface area contributed by atoms with E-state index in [0.29, 0.717) is 0 Å². The molecule has 1 saturated heterocycles. The molecule has 90 valence electrons. The molecule has 2 rings (SSSR count). The van der Waals surface area contributed by atoms with E-state index >= 15 is 0 Å². The Bertz CT molecular complexity index is 340. The van der Waals surface area contributed by atoms with E-state index in [2.05, 4.69) is 28.8 Å². The van der Waals surface area contributed by atoms with Gasteiger partial charge in [-0.15, -0.1) is 0 Å². The Morgan fingerprint density at radius 3 is 2.81 bits per heavy atom. The molecule has 1 aliphatic rings. The summed E-state index contributed by atoms with van der Waals surface area (Å²) in [5, 5.41) is 4.22. The maximum absolute atomic E-state index is 6.13. The number of rotatable bonds is 5. The topological polar surface area (TPSA) is 60.0 Å². The Morgan fingerprint density at radius 1 is 1.44 bits per heavy atom. The molecule has 0 spiro atoms. The van der Waals surface area contributed by atoms with Crippen LogP contribution in [-0.4, -0.2) is 38.3 Å². The standard InChI is InChI=1S/C11H21N5/c1-3-5-16-10(13-9-14-16)6-15-7-11(12,4-2)8-15/h9H,3-8,12H2,1-2H3. The number of nitrogens with zero attached hydrogens (tertiary/aromatic N) is 4. The fourth-order valence-electron chi connectivity index (χ4n) is 2.19. The van der Waals surface area contributed by atoms with E-state index in [-0.39, 0.29) is 5.54 Å². The smallest absolute Gasteiger partial charge is 0.141 e. The van der Waals surface area contributed by atoms with Crippen LogP contribution in [-0.2, 0) is 13.1 Å². The molecule has 16 heavy (non-hydrogen) atoms. The molecule has 1 aromatic heterocycles. The van der Waals surface area contributed by atoms with Gasteiger partial charge in [0.25, 0.3) is 0 Å². The average Bonchev–Trinajstić information content (AvgIpc) is 2.64. The molecule has 0 aliphatic carbocycles. The maximum atomic E-state index is 6.13. The van der Waals surface area contributed by atoms with Crippen LogP contribution in [0.1, 0.15) is 32.5 Å². The number of aromatic nitrogens is 3. The van der Waals surface area contributed by atoms with Crippen molar-refractivity contribution in [3.63, 3.8) is 0 Å². The van der Waals surface area contributed by atoms with Gasteiger partial charge < -0.3 is 5.73 Å². The first-order valence-corrected chi connectivity index (χ1v) is 6.05. The van der Waals surface area contributed by atoms with E-state index < -0.39 is 0 Å². The van der Waals surface area contributed by atoms with Crippen molar-refractivity contribution in [2.24, 2.45) is 5.73 Å². The third kappa shape index (κ3) is 2.25. The van der Waals surface area contributed by atoms with Crippen LogP contribution in [0.15, 0.2) is 6.33 Å². The van der Waals surface area contributed by atoms with E-state index in [1.807, 2.05) is 4.68 Å². The lowest BCUT2D eigenvalue weighted by atomic mass is 9.88. The minimum Gasteiger partial charge on any atom is -0.323 e. The third-order valence-corrected chi connectivity index (χ3v) is 3.28. The van der Waals surface area contributed by atoms with Crippen LogP contribution < -0.4 is 5.73 Å². The van der Waals surface area contributed by atoms with Crippen molar-refractivity contribution in [1.29, 1.82) is 0 Å². The number of nitrogens with two attached hydrogens (primary N) is 1. The first kappa shape index (κ1) is 11.5. The van der Waals surface area contributed by atoms with Crippen LogP contribution in [0.3, 0.4) is 0 Å². The van der Waals surface area contributed by atoms with Gasteiger partial charge in [0.15, 0.2) is 0 Å². The summed E-state index contributed by atoms with van der Waals surface area (Å²) < 4.78 is 1.99. The molecule has 5 nitrogen and oxygen atoms in total. The summed E-state index contributed by atoms with van der Waals surface area (Å²) in [7, 11) is 0. The Balaban J connectivity index is 1.89. The molecule has 0 amide bonds. The minimum atomic E-state index is 0.0373. The summed E-state index contributed by atoms with van der Waals surface area (Å²) in [6.45, 7) is 8.07. The van der Waals surface area contributed by atoms with Gasteiger partial charge in [0.2, 0.25) is 0 Å². The largest absolute Gasteiger partial charge is 0.323 e. The molecule has 2 heterocycles. The second-order valence-electron chi connectivity index (χ2n) is 4.76. The summed E-state index contributed by atoms with van der Waals surface area (Å²) in [5.41, 5.74) is 6.17. The summed E-state index contributed by atoms with van der Waals surface area (Å²) >= 11 is 0. The zero-order valence-electron chi connectivity index (χ0n) is 10.2. The van der Waals surface area contributed by atoms with Gasteiger partial charge in [-0.25, -0.2) is 9.67 Å². The van der Waals surface area contributed by atoms with Crippen molar-refractivity contribution >= 4 is 0 Å². The molecular weight excluding hydrogens is 202 g/mol. The molecule has 0 bridgehead atoms. The molecule has 0 aromatic carbocycles. The van der Waals surface area contributed by atoms with Gasteiger partial charge in [-0.2, -0.15) is 5.10 Å². The van der Waals surface area contributed by atoms with E-state index in [9.17, 15) is 0 Å². The summed E-state index contributed by atoms with van der Waals surface area (Å²) in [4.78, 5) is 6.63. The van der Waals surface area contributed by atoms with Crippen LogP contribution in [0.25, 0.3) is 0 Å². The van der Waals surface area contributed by atoms with Crippen molar-refractivity contribution in [2.45, 2.75) is 45.3 Å². The van der Waals surface area contributed by atoms with Crippen molar-refractivity contribution < 1.29 is 0 Å². The summed E-state index contributed by atoms with van der Waals surface area (Å²) in [5.74, 6) is 1.06. The Labute approximate surface area is 96.6 Å². The van der Waals surface area contributed by atoms with Crippen molar-refractivity contribution in [3.05, 3.63) is 12.2 Å². The molecule has 1 fully saturated rings. The van der Waals surface area contributed by atoms with Crippen molar-refractivity contribution in [1.82, 2.24) is 19.7 Å². The van der Waals surface area contributed by atoms with E-state index in [0.717, 1.165) is 44.8 Å². The zero-order chi connectivity index (χ0) is 11.6. The highest BCUT2D eigenvalue weighted by molar-refractivity contribution is 5.00. The normalized spacial score (nSPS) is 19.7. The first-order chi connectivity index (χ1) is 7.67. The Kier molecular flexibility index (Phi) is 3.25. The lowest BCUT2D eigenvalue weighted by Gasteiger charge is -2.47. The molecule has 5 heteroatoms. The fourth-order valence-corrected chi connectivity index (χ4v) is 2.19. The second-order valence-corrected chi connectivity index (χ2v) is 4.76. The van der Waals surface area contributed by atoms with Crippen LogP contribution in [0.5, 0.6) is 0 Å². The van der Waals surface area contributed by atoms with E-state index in [4.69, 9.17) is 5.73 Å². The van der Waals surface area contributed by atoms with Gasteiger partial charge in [-0.1, -0.05) is 13.8 Å². The monoisotopic (exact) mass is 223 g/mol. The Hall–Kier alpha value is -0.940.